The summed E-state index contributed by atoms with van der Waals surface area (Å²) in [6.45, 7) is 2.09. The quantitative estimate of drug-likeness (QED) is 0.700. The summed E-state index contributed by atoms with van der Waals surface area (Å²) in [6, 6.07) is 4.07. The normalized spacial score (nSPS) is 30.9. The van der Waals surface area contributed by atoms with E-state index in [1.165, 1.54) is 43.4 Å². The summed E-state index contributed by atoms with van der Waals surface area (Å²) in [7, 11) is 0. The van der Waals surface area contributed by atoms with E-state index in [9.17, 15) is 0 Å². The Morgan fingerprint density at radius 2 is 2.25 bits per heavy atom. The van der Waals surface area contributed by atoms with Gasteiger partial charge in [0.15, 0.2) is 5.82 Å². The van der Waals surface area contributed by atoms with Gasteiger partial charge in [-0.15, -0.1) is 0 Å². The van der Waals surface area contributed by atoms with Crippen LogP contribution in [-0.4, -0.2) is 10.7 Å². The fourth-order valence-corrected chi connectivity index (χ4v) is 3.07. The number of aromatic nitrogens is 1. The van der Waals surface area contributed by atoms with Gasteiger partial charge in [-0.25, -0.2) is 9.98 Å². The minimum absolute atomic E-state index is 0.764. The largest absolute Gasteiger partial charge is 0.238 e. The first kappa shape index (κ1) is 10.0. The molecule has 0 amide bonds. The summed E-state index contributed by atoms with van der Waals surface area (Å²) < 4.78 is 0. The van der Waals surface area contributed by atoms with E-state index in [0.29, 0.717) is 0 Å². The SMILES string of the molecule is Cc1cccnc1/N=C1\CC[C@H]2CC[C@@H]1C2. The minimum Gasteiger partial charge on any atom is -0.238 e. The Hall–Kier alpha value is -1.18. The second-order valence-electron chi connectivity index (χ2n) is 5.16. The zero-order valence-electron chi connectivity index (χ0n) is 9.82. The highest BCUT2D eigenvalue weighted by molar-refractivity contribution is 5.90. The number of pyridine rings is 1. The third kappa shape index (κ3) is 1.77. The van der Waals surface area contributed by atoms with Crippen LogP contribution in [0.4, 0.5) is 5.82 Å². The number of rotatable bonds is 1. The van der Waals surface area contributed by atoms with Crippen molar-refractivity contribution < 1.29 is 0 Å². The molecule has 0 N–H and O–H groups in total. The molecule has 0 radical (unpaired) electrons. The van der Waals surface area contributed by atoms with Crippen LogP contribution in [0.15, 0.2) is 23.3 Å². The van der Waals surface area contributed by atoms with Gasteiger partial charge in [0.25, 0.3) is 0 Å². The van der Waals surface area contributed by atoms with E-state index in [2.05, 4.69) is 18.0 Å². The van der Waals surface area contributed by atoms with Crippen LogP contribution >= 0.6 is 0 Å². The lowest BCUT2D eigenvalue weighted by Crippen LogP contribution is -2.17. The van der Waals surface area contributed by atoms with Crippen molar-refractivity contribution >= 4 is 11.5 Å². The molecule has 1 heterocycles. The number of hydrogen-bond acceptors (Lipinski definition) is 2. The minimum atomic E-state index is 0.764. The first-order valence-corrected chi connectivity index (χ1v) is 6.32. The lowest BCUT2D eigenvalue weighted by atomic mass is 9.87. The van der Waals surface area contributed by atoms with Gasteiger partial charge in [0.05, 0.1) is 0 Å². The lowest BCUT2D eigenvalue weighted by molar-refractivity contribution is 0.478. The highest BCUT2D eigenvalue weighted by Gasteiger charge is 2.32. The van der Waals surface area contributed by atoms with Crippen LogP contribution in [0.3, 0.4) is 0 Å². The van der Waals surface area contributed by atoms with Gasteiger partial charge in [0.2, 0.25) is 0 Å². The van der Waals surface area contributed by atoms with Crippen LogP contribution in [0.5, 0.6) is 0 Å². The second-order valence-corrected chi connectivity index (χ2v) is 5.16. The third-order valence-corrected chi connectivity index (χ3v) is 4.05. The van der Waals surface area contributed by atoms with Gasteiger partial charge in [0, 0.05) is 11.9 Å². The van der Waals surface area contributed by atoms with Crippen molar-refractivity contribution in [3.63, 3.8) is 0 Å². The van der Waals surface area contributed by atoms with Crippen molar-refractivity contribution in [3.8, 4) is 0 Å². The van der Waals surface area contributed by atoms with Crippen molar-refractivity contribution in [1.29, 1.82) is 0 Å². The van der Waals surface area contributed by atoms with Crippen molar-refractivity contribution in [2.75, 3.05) is 0 Å². The molecule has 2 atom stereocenters. The average molecular weight is 214 g/mol. The Labute approximate surface area is 96.8 Å². The van der Waals surface area contributed by atoms with Crippen molar-refractivity contribution in [1.82, 2.24) is 4.98 Å². The predicted molar refractivity (Wildman–Crippen MR) is 66.1 cm³/mol. The smallest absolute Gasteiger partial charge is 0.154 e. The molecule has 0 unspecified atom stereocenters. The fraction of sp³-hybridized carbons (Fsp3) is 0.571. The van der Waals surface area contributed by atoms with Crippen LogP contribution in [0.25, 0.3) is 0 Å². The van der Waals surface area contributed by atoms with Gasteiger partial charge in [-0.2, -0.15) is 0 Å². The van der Waals surface area contributed by atoms with Crippen molar-refractivity contribution in [3.05, 3.63) is 23.9 Å². The predicted octanol–water partition coefficient (Wildman–Crippen LogP) is 3.67. The first-order valence-electron chi connectivity index (χ1n) is 6.32. The number of fused-ring (bicyclic) bond motifs is 2. The Bertz CT molecular complexity index is 422. The molecule has 3 rings (SSSR count). The van der Waals surface area contributed by atoms with Crippen LogP contribution in [0.2, 0.25) is 0 Å². The van der Waals surface area contributed by atoms with Gasteiger partial charge >= 0.3 is 0 Å². The van der Waals surface area contributed by atoms with Gasteiger partial charge in [-0.3, -0.25) is 0 Å². The summed E-state index contributed by atoms with van der Waals surface area (Å²) in [6.07, 6.45) is 8.55. The molecule has 2 aliphatic rings. The van der Waals surface area contributed by atoms with E-state index in [-0.39, 0.29) is 0 Å². The highest BCUT2D eigenvalue weighted by Crippen LogP contribution is 2.41. The Kier molecular flexibility index (Phi) is 2.50. The van der Waals surface area contributed by atoms with E-state index in [4.69, 9.17) is 4.99 Å². The molecular formula is C14H18N2. The molecule has 0 saturated heterocycles. The molecule has 0 aliphatic heterocycles. The topological polar surface area (TPSA) is 25.2 Å². The van der Waals surface area contributed by atoms with Crippen molar-refractivity contribution in [2.24, 2.45) is 16.8 Å². The summed E-state index contributed by atoms with van der Waals surface area (Å²) in [5.74, 6) is 2.69. The maximum Gasteiger partial charge on any atom is 0.154 e. The van der Waals surface area contributed by atoms with Gasteiger partial charge in [0.1, 0.15) is 0 Å². The molecule has 2 heteroatoms. The highest BCUT2D eigenvalue weighted by atomic mass is 14.9. The number of aryl methyl sites for hydroxylation is 1. The monoisotopic (exact) mass is 214 g/mol. The van der Waals surface area contributed by atoms with Crippen LogP contribution < -0.4 is 0 Å². The molecule has 0 spiro atoms. The molecule has 1 aromatic rings. The Morgan fingerprint density at radius 3 is 3.12 bits per heavy atom. The molecule has 2 aliphatic carbocycles. The summed E-state index contributed by atoms with van der Waals surface area (Å²) in [4.78, 5) is 9.17. The molecule has 16 heavy (non-hydrogen) atoms. The Balaban J connectivity index is 1.89. The number of hydrogen-bond donors (Lipinski definition) is 0. The first-order chi connectivity index (χ1) is 7.83. The third-order valence-electron chi connectivity index (χ3n) is 4.05. The molecule has 1 aromatic heterocycles. The van der Waals surface area contributed by atoms with Gasteiger partial charge < -0.3 is 0 Å². The molecule has 84 valence electrons. The van der Waals surface area contributed by atoms with Gasteiger partial charge in [-0.1, -0.05) is 6.07 Å². The van der Waals surface area contributed by atoms with E-state index < -0.39 is 0 Å². The van der Waals surface area contributed by atoms with E-state index in [1.54, 1.807) is 0 Å². The molecule has 2 saturated carbocycles. The Morgan fingerprint density at radius 1 is 1.31 bits per heavy atom. The molecule has 2 fully saturated rings. The summed E-state index contributed by atoms with van der Waals surface area (Å²) in [5, 5.41) is 0. The summed E-state index contributed by atoms with van der Waals surface area (Å²) >= 11 is 0. The zero-order chi connectivity index (χ0) is 11.0. The van der Waals surface area contributed by atoms with Crippen LogP contribution in [0.1, 0.15) is 37.7 Å². The van der Waals surface area contributed by atoms with E-state index in [1.807, 2.05) is 12.3 Å². The van der Waals surface area contributed by atoms with Crippen molar-refractivity contribution in [2.45, 2.75) is 39.0 Å². The van der Waals surface area contributed by atoms with Gasteiger partial charge in [-0.05, 0) is 62.5 Å². The standard InChI is InChI=1S/C14H18N2/c1-10-3-2-8-15-14(10)16-13-7-5-11-4-6-12(13)9-11/h2-3,8,11-12H,4-7,9H2,1H3/b16-13+/t11-,12-/m1/s1. The zero-order valence-corrected chi connectivity index (χ0v) is 9.82. The molecular weight excluding hydrogens is 196 g/mol. The number of nitrogens with zero attached hydrogens (tertiary/aromatic N) is 2. The van der Waals surface area contributed by atoms with Crippen LogP contribution in [-0.2, 0) is 0 Å². The average Bonchev–Trinajstić information content (AvgIpc) is 2.68. The van der Waals surface area contributed by atoms with Crippen LogP contribution in [0, 0.1) is 18.8 Å². The van der Waals surface area contributed by atoms with E-state index in [0.717, 1.165) is 17.7 Å². The second kappa shape index (κ2) is 4.00. The molecule has 2 bridgehead atoms. The fourth-order valence-electron chi connectivity index (χ4n) is 3.07. The van der Waals surface area contributed by atoms with E-state index >= 15 is 0 Å². The lowest BCUT2D eigenvalue weighted by Gasteiger charge is -2.20. The maximum absolute atomic E-state index is 4.80. The number of aliphatic imine (C=N–C) groups is 1. The molecule has 2 nitrogen and oxygen atoms in total. The summed E-state index contributed by atoms with van der Waals surface area (Å²) in [5.41, 5.74) is 2.60. The maximum atomic E-state index is 4.80. The molecule has 0 aromatic carbocycles.